The molecule has 3 fully saturated rings. The third-order valence-corrected chi connectivity index (χ3v) is 9.00. The van der Waals surface area contributed by atoms with Crippen molar-refractivity contribution in [3.05, 3.63) is 39.5 Å². The van der Waals surface area contributed by atoms with Crippen LogP contribution >= 0.6 is 11.6 Å². The molecule has 3 saturated heterocycles. The van der Waals surface area contributed by atoms with E-state index >= 15 is 0 Å². The molecule has 1 aromatic heterocycles. The summed E-state index contributed by atoms with van der Waals surface area (Å²) in [7, 11) is 1.44. The topological polar surface area (TPSA) is 101 Å². The lowest BCUT2D eigenvalue weighted by Crippen LogP contribution is -2.41. The van der Waals surface area contributed by atoms with Gasteiger partial charge in [-0.15, -0.1) is 0 Å². The van der Waals surface area contributed by atoms with Gasteiger partial charge in [0.05, 0.1) is 42.2 Å². The van der Waals surface area contributed by atoms with Crippen LogP contribution in [-0.2, 0) is 23.9 Å². The van der Waals surface area contributed by atoms with E-state index < -0.39 is 29.0 Å². The number of piperidine rings is 1. The van der Waals surface area contributed by atoms with E-state index in [0.29, 0.717) is 48.5 Å². The van der Waals surface area contributed by atoms with Gasteiger partial charge in [-0.1, -0.05) is 18.5 Å². The van der Waals surface area contributed by atoms with Crippen LogP contribution in [0.3, 0.4) is 0 Å². The average molecular weight is 625 g/mol. The number of nitriles is 1. The van der Waals surface area contributed by atoms with Crippen LogP contribution in [0.4, 0.5) is 29.1 Å². The molecule has 0 saturated carbocycles. The Bertz CT molecular complexity index is 1340. The van der Waals surface area contributed by atoms with E-state index in [9.17, 15) is 17.6 Å². The van der Waals surface area contributed by atoms with Crippen LogP contribution in [0, 0.1) is 23.2 Å². The van der Waals surface area contributed by atoms with Gasteiger partial charge in [0.15, 0.2) is 0 Å². The second kappa shape index (κ2) is 13.0. The first kappa shape index (κ1) is 31.5. The smallest absolute Gasteiger partial charge is 0.418 e. The summed E-state index contributed by atoms with van der Waals surface area (Å²) in [5, 5.41) is 8.69. The van der Waals surface area contributed by atoms with Gasteiger partial charge in [0.2, 0.25) is 0 Å². The maximum Gasteiger partial charge on any atom is 0.418 e. The van der Waals surface area contributed by atoms with E-state index in [-0.39, 0.29) is 36.2 Å². The minimum Gasteiger partial charge on any atom is -0.467 e. The Morgan fingerprint density at radius 2 is 2.00 bits per heavy atom. The first-order chi connectivity index (χ1) is 20.5. The molecule has 6 rings (SSSR count). The number of fused-ring (bicyclic) bond motifs is 2. The molecule has 0 amide bonds. The SMILES string of the molecule is COc1nc2c(c(N3CC(C)CC(CC#N)C3)n1)COC(c1cc(N)cc(Cl)c1C(F)(F)F)C2.FC1CC2CCCN2C1. The predicted molar refractivity (Wildman–Crippen MR) is 155 cm³/mol. The lowest BCUT2D eigenvalue weighted by molar-refractivity contribution is -0.139. The van der Waals surface area contributed by atoms with Crippen LogP contribution in [0.15, 0.2) is 12.1 Å². The highest BCUT2D eigenvalue weighted by Crippen LogP contribution is 2.44. The molecule has 5 atom stereocenters. The number of halogens is 5. The van der Waals surface area contributed by atoms with Crippen LogP contribution in [0.5, 0.6) is 6.01 Å². The van der Waals surface area contributed by atoms with Crippen molar-refractivity contribution < 1.29 is 27.0 Å². The zero-order valence-corrected chi connectivity index (χ0v) is 25.1. The fraction of sp³-hybridized carbons (Fsp3) is 0.633. The minimum absolute atomic E-state index is 0.0246. The third kappa shape index (κ3) is 7.10. The monoisotopic (exact) mass is 624 g/mol. The van der Waals surface area contributed by atoms with Gasteiger partial charge in [0.1, 0.15) is 12.0 Å². The molecule has 4 aliphatic heterocycles. The molecule has 0 spiro atoms. The molecule has 0 radical (unpaired) electrons. The first-order valence-electron chi connectivity index (χ1n) is 14.7. The summed E-state index contributed by atoms with van der Waals surface area (Å²) >= 11 is 5.94. The molecule has 4 aliphatic rings. The quantitative estimate of drug-likeness (QED) is 0.321. The van der Waals surface area contributed by atoms with Gasteiger partial charge in [-0.05, 0) is 61.8 Å². The number of rotatable bonds is 4. The molecule has 0 bridgehead atoms. The third-order valence-electron chi connectivity index (χ3n) is 8.70. The van der Waals surface area contributed by atoms with Crippen molar-refractivity contribution in [2.45, 2.75) is 76.5 Å². The van der Waals surface area contributed by atoms with Gasteiger partial charge in [-0.25, -0.2) is 4.39 Å². The van der Waals surface area contributed by atoms with Gasteiger partial charge in [0, 0.05) is 49.8 Å². The fourth-order valence-corrected chi connectivity index (χ4v) is 7.28. The zero-order valence-electron chi connectivity index (χ0n) is 24.3. The first-order valence-corrected chi connectivity index (χ1v) is 15.1. The number of aromatic nitrogens is 2. The second-order valence-electron chi connectivity index (χ2n) is 12.0. The molecule has 5 heterocycles. The number of methoxy groups -OCH3 is 1. The number of hydrogen-bond acceptors (Lipinski definition) is 8. The summed E-state index contributed by atoms with van der Waals surface area (Å²) in [6.45, 7) is 5.39. The number of hydrogen-bond donors (Lipinski definition) is 1. The van der Waals surface area contributed by atoms with Crippen LogP contribution in [0.1, 0.15) is 67.5 Å². The number of nitrogens with two attached hydrogens (primary N) is 1. The second-order valence-corrected chi connectivity index (χ2v) is 12.4. The number of benzene rings is 1. The van der Waals surface area contributed by atoms with E-state index in [1.807, 2.05) is 0 Å². The van der Waals surface area contributed by atoms with E-state index in [1.54, 1.807) is 0 Å². The lowest BCUT2D eigenvalue weighted by Gasteiger charge is -2.38. The molecular formula is C30H37ClF4N6O2. The summed E-state index contributed by atoms with van der Waals surface area (Å²) in [4.78, 5) is 13.4. The summed E-state index contributed by atoms with van der Waals surface area (Å²) in [6.07, 6.45) is -1.33. The number of nitrogens with zero attached hydrogens (tertiary/aromatic N) is 5. The van der Waals surface area contributed by atoms with Gasteiger partial charge >= 0.3 is 12.2 Å². The van der Waals surface area contributed by atoms with E-state index in [2.05, 4.69) is 32.8 Å². The van der Waals surface area contributed by atoms with Gasteiger partial charge in [-0.3, -0.25) is 4.90 Å². The van der Waals surface area contributed by atoms with Gasteiger partial charge in [-0.2, -0.15) is 28.4 Å². The summed E-state index contributed by atoms with van der Waals surface area (Å²) in [6, 6.07) is 5.32. The van der Waals surface area contributed by atoms with Crippen LogP contribution in [0.25, 0.3) is 0 Å². The highest BCUT2D eigenvalue weighted by Gasteiger charge is 2.40. The van der Waals surface area contributed by atoms with Crippen molar-refractivity contribution in [2.75, 3.05) is 43.9 Å². The molecule has 43 heavy (non-hydrogen) atoms. The van der Waals surface area contributed by atoms with Crippen molar-refractivity contribution in [2.24, 2.45) is 11.8 Å². The van der Waals surface area contributed by atoms with Crippen LogP contribution in [-0.4, -0.2) is 60.4 Å². The minimum atomic E-state index is -4.67. The zero-order chi connectivity index (χ0) is 30.9. The highest BCUT2D eigenvalue weighted by atomic mass is 35.5. The van der Waals surface area contributed by atoms with Crippen molar-refractivity contribution >= 4 is 23.1 Å². The maximum atomic E-state index is 13.8. The molecule has 8 nitrogen and oxygen atoms in total. The van der Waals surface area contributed by atoms with Crippen molar-refractivity contribution in [3.63, 3.8) is 0 Å². The van der Waals surface area contributed by atoms with E-state index in [1.165, 1.54) is 26.0 Å². The highest BCUT2D eigenvalue weighted by molar-refractivity contribution is 6.31. The summed E-state index contributed by atoms with van der Waals surface area (Å²) < 4.78 is 65.2. The molecule has 234 valence electrons. The standard InChI is InChI=1S/C23H25ClF3N5O2.C7H12FN/c1-12-5-13(3-4-28)10-32(9-12)21-16-11-34-19(8-18(16)30-22(31-21)33-2)15-6-14(29)7-17(24)20(15)23(25,26)27;8-6-4-7-2-1-3-9(7)5-6/h6-7,12-13,19H,3,5,8-11,29H2,1-2H3;6-7H,1-5H2. The number of anilines is 2. The van der Waals surface area contributed by atoms with Crippen molar-refractivity contribution in [1.82, 2.24) is 14.9 Å². The number of nitrogen functional groups attached to an aromatic ring is 1. The van der Waals surface area contributed by atoms with Crippen LogP contribution < -0.4 is 15.4 Å². The Labute approximate surface area is 254 Å². The molecule has 1 aromatic carbocycles. The summed E-state index contributed by atoms with van der Waals surface area (Å²) in [5.41, 5.74) is 6.12. The molecule has 0 aliphatic carbocycles. The van der Waals surface area contributed by atoms with Gasteiger partial charge < -0.3 is 20.1 Å². The molecule has 5 unspecified atom stereocenters. The molecule has 2 N–H and O–H groups in total. The molecule has 13 heteroatoms. The van der Waals surface area contributed by atoms with E-state index in [4.69, 9.17) is 32.1 Å². The Hall–Kier alpha value is -2.88. The Kier molecular flexibility index (Phi) is 9.54. The maximum absolute atomic E-state index is 13.8. The normalized spacial score (nSPS) is 27.1. The molecule has 2 aromatic rings. The Balaban J connectivity index is 0.000000345. The molecular weight excluding hydrogens is 588 g/mol. The van der Waals surface area contributed by atoms with E-state index in [0.717, 1.165) is 32.0 Å². The predicted octanol–water partition coefficient (Wildman–Crippen LogP) is 6.12. The average Bonchev–Trinajstić information content (AvgIpc) is 3.52. The van der Waals surface area contributed by atoms with Crippen molar-refractivity contribution in [3.8, 4) is 12.1 Å². The lowest BCUT2D eigenvalue weighted by atomic mass is 9.88. The van der Waals surface area contributed by atoms with Gasteiger partial charge in [0.25, 0.3) is 0 Å². The Morgan fingerprint density at radius 1 is 1.21 bits per heavy atom. The van der Waals surface area contributed by atoms with Crippen LogP contribution in [0.2, 0.25) is 5.02 Å². The largest absolute Gasteiger partial charge is 0.467 e. The number of alkyl halides is 4. The fourth-order valence-electron chi connectivity index (χ4n) is 6.94. The van der Waals surface area contributed by atoms with Crippen molar-refractivity contribution in [1.29, 1.82) is 5.26 Å². The number of ether oxygens (including phenoxy) is 2. The summed E-state index contributed by atoms with van der Waals surface area (Å²) in [5.74, 6) is 1.19. The Morgan fingerprint density at radius 3 is 2.70 bits per heavy atom.